The van der Waals surface area contributed by atoms with Crippen LogP contribution in [0.1, 0.15) is 25.3 Å². The number of benzene rings is 1. The number of carbonyl (C=O) groups is 1. The molecule has 0 radical (unpaired) electrons. The fraction of sp³-hybridized carbons (Fsp3) is 0.385. The van der Waals surface area contributed by atoms with Gasteiger partial charge in [-0.15, -0.1) is 0 Å². The average Bonchev–Trinajstić information content (AvgIpc) is 2.33. The van der Waals surface area contributed by atoms with Crippen LogP contribution in [-0.2, 0) is 4.79 Å². The van der Waals surface area contributed by atoms with E-state index in [0.717, 1.165) is 18.4 Å². The summed E-state index contributed by atoms with van der Waals surface area (Å²) in [5.41, 5.74) is 3.29. The maximum Gasteiger partial charge on any atom is 0.277 e. The van der Waals surface area contributed by atoms with Gasteiger partial charge in [-0.25, -0.2) is 5.43 Å². The quantitative estimate of drug-likeness (QED) is 0.637. The zero-order valence-corrected chi connectivity index (χ0v) is 11.3. The van der Waals surface area contributed by atoms with E-state index in [2.05, 4.69) is 10.5 Å². The number of unbranched alkanes of at least 4 members (excludes halogenated alkanes) is 1. The SMILES string of the molecule is CCCC=NNC(=O)COc1ccc(Cl)cc1C. The van der Waals surface area contributed by atoms with Crippen LogP contribution in [0.5, 0.6) is 5.75 Å². The molecular weight excluding hydrogens is 252 g/mol. The Balaban J connectivity index is 2.38. The molecule has 4 nitrogen and oxygen atoms in total. The molecule has 0 aliphatic carbocycles. The van der Waals surface area contributed by atoms with Crippen LogP contribution in [0.3, 0.4) is 0 Å². The van der Waals surface area contributed by atoms with E-state index in [-0.39, 0.29) is 12.5 Å². The van der Waals surface area contributed by atoms with Crippen LogP contribution >= 0.6 is 11.6 Å². The van der Waals surface area contributed by atoms with Crippen LogP contribution in [0.2, 0.25) is 5.02 Å². The molecular formula is C13H17ClN2O2. The van der Waals surface area contributed by atoms with Crippen molar-refractivity contribution in [3.8, 4) is 5.75 Å². The summed E-state index contributed by atoms with van der Waals surface area (Å²) in [4.78, 5) is 11.4. The van der Waals surface area contributed by atoms with Crippen molar-refractivity contribution in [1.82, 2.24) is 5.43 Å². The summed E-state index contributed by atoms with van der Waals surface area (Å²) in [5.74, 6) is 0.365. The molecule has 5 heteroatoms. The van der Waals surface area contributed by atoms with Gasteiger partial charge in [0.05, 0.1) is 0 Å². The molecule has 0 aliphatic heterocycles. The first-order valence-electron chi connectivity index (χ1n) is 5.82. The number of hydrazone groups is 1. The minimum atomic E-state index is -0.281. The number of aryl methyl sites for hydroxylation is 1. The van der Waals surface area contributed by atoms with Crippen molar-refractivity contribution in [3.63, 3.8) is 0 Å². The van der Waals surface area contributed by atoms with Crippen molar-refractivity contribution in [2.45, 2.75) is 26.7 Å². The molecule has 1 aromatic rings. The summed E-state index contributed by atoms with van der Waals surface area (Å²) in [6.45, 7) is 3.85. The first-order valence-corrected chi connectivity index (χ1v) is 6.20. The van der Waals surface area contributed by atoms with Gasteiger partial charge in [-0.05, 0) is 37.1 Å². The highest BCUT2D eigenvalue weighted by atomic mass is 35.5. The van der Waals surface area contributed by atoms with Crippen molar-refractivity contribution in [1.29, 1.82) is 0 Å². The number of nitrogens with zero attached hydrogens (tertiary/aromatic N) is 1. The lowest BCUT2D eigenvalue weighted by molar-refractivity contribution is -0.123. The standard InChI is InChI=1S/C13H17ClN2O2/c1-3-4-7-15-16-13(17)9-18-12-6-5-11(14)8-10(12)2/h5-8H,3-4,9H2,1-2H3,(H,16,17). The molecule has 1 amide bonds. The van der Waals surface area contributed by atoms with E-state index in [1.807, 2.05) is 13.8 Å². The average molecular weight is 269 g/mol. The van der Waals surface area contributed by atoms with Crippen LogP contribution in [0, 0.1) is 6.92 Å². The number of halogens is 1. The second kappa shape index (κ2) is 7.71. The lowest BCUT2D eigenvalue weighted by Crippen LogP contribution is -2.24. The maximum absolute atomic E-state index is 11.4. The van der Waals surface area contributed by atoms with Gasteiger partial charge >= 0.3 is 0 Å². The fourth-order valence-electron chi connectivity index (χ4n) is 1.26. The molecule has 0 atom stereocenters. The Morgan fingerprint density at radius 2 is 2.33 bits per heavy atom. The number of hydrogen-bond acceptors (Lipinski definition) is 3. The highest BCUT2D eigenvalue weighted by molar-refractivity contribution is 6.30. The third kappa shape index (κ3) is 5.19. The number of hydrogen-bond donors (Lipinski definition) is 1. The summed E-state index contributed by atoms with van der Waals surface area (Å²) in [5, 5.41) is 4.43. The van der Waals surface area contributed by atoms with Crippen molar-refractivity contribution in [2.75, 3.05) is 6.61 Å². The first-order chi connectivity index (χ1) is 8.63. The summed E-state index contributed by atoms with van der Waals surface area (Å²) >= 11 is 5.82. The number of amides is 1. The van der Waals surface area contributed by atoms with Gasteiger partial charge in [-0.1, -0.05) is 24.9 Å². The van der Waals surface area contributed by atoms with E-state index in [4.69, 9.17) is 16.3 Å². The van der Waals surface area contributed by atoms with Gasteiger partial charge < -0.3 is 4.74 Å². The number of rotatable bonds is 6. The van der Waals surface area contributed by atoms with Gasteiger partial charge in [0.1, 0.15) is 5.75 Å². The van der Waals surface area contributed by atoms with E-state index in [9.17, 15) is 4.79 Å². The molecule has 18 heavy (non-hydrogen) atoms. The topological polar surface area (TPSA) is 50.7 Å². The van der Waals surface area contributed by atoms with Crippen molar-refractivity contribution in [2.24, 2.45) is 5.10 Å². The second-order valence-corrected chi connectivity index (χ2v) is 4.27. The lowest BCUT2D eigenvalue weighted by Gasteiger charge is -2.08. The van der Waals surface area contributed by atoms with Crippen molar-refractivity contribution in [3.05, 3.63) is 28.8 Å². The van der Waals surface area contributed by atoms with Gasteiger partial charge in [0, 0.05) is 11.2 Å². The molecule has 0 aromatic heterocycles. The Bertz CT molecular complexity index is 433. The molecule has 98 valence electrons. The molecule has 0 unspecified atom stereocenters. The van der Waals surface area contributed by atoms with Gasteiger partial charge in [-0.2, -0.15) is 5.10 Å². The predicted molar refractivity (Wildman–Crippen MR) is 73.2 cm³/mol. The highest BCUT2D eigenvalue weighted by Crippen LogP contribution is 2.21. The van der Waals surface area contributed by atoms with Crippen molar-refractivity contribution >= 4 is 23.7 Å². The van der Waals surface area contributed by atoms with Crippen LogP contribution in [-0.4, -0.2) is 18.7 Å². The van der Waals surface area contributed by atoms with Gasteiger partial charge in [0.15, 0.2) is 6.61 Å². The molecule has 1 N–H and O–H groups in total. The molecule has 0 saturated carbocycles. The molecule has 0 saturated heterocycles. The third-order valence-corrected chi connectivity index (χ3v) is 2.43. The molecule has 0 fully saturated rings. The zero-order valence-electron chi connectivity index (χ0n) is 10.6. The molecule has 1 aromatic carbocycles. The van der Waals surface area contributed by atoms with Crippen LogP contribution < -0.4 is 10.2 Å². The highest BCUT2D eigenvalue weighted by Gasteiger charge is 2.04. The lowest BCUT2D eigenvalue weighted by atomic mass is 10.2. The van der Waals surface area contributed by atoms with E-state index in [0.29, 0.717) is 10.8 Å². The van der Waals surface area contributed by atoms with Crippen LogP contribution in [0.25, 0.3) is 0 Å². The van der Waals surface area contributed by atoms with E-state index < -0.39 is 0 Å². The molecule has 0 aliphatic rings. The Labute approximate surface area is 112 Å². The smallest absolute Gasteiger partial charge is 0.277 e. The maximum atomic E-state index is 11.4. The monoisotopic (exact) mass is 268 g/mol. The molecule has 0 spiro atoms. The fourth-order valence-corrected chi connectivity index (χ4v) is 1.49. The molecule has 0 bridgehead atoms. The molecule has 1 rings (SSSR count). The Kier molecular flexibility index (Phi) is 6.22. The van der Waals surface area contributed by atoms with Gasteiger partial charge in [-0.3, -0.25) is 4.79 Å². The third-order valence-electron chi connectivity index (χ3n) is 2.19. The molecule has 0 heterocycles. The predicted octanol–water partition coefficient (Wildman–Crippen LogP) is 2.93. The summed E-state index contributed by atoms with van der Waals surface area (Å²) < 4.78 is 5.37. The van der Waals surface area contributed by atoms with E-state index in [1.54, 1.807) is 24.4 Å². The van der Waals surface area contributed by atoms with Gasteiger partial charge in [0.2, 0.25) is 0 Å². The number of nitrogens with one attached hydrogen (secondary N) is 1. The minimum absolute atomic E-state index is 0.0636. The Morgan fingerprint density at radius 1 is 1.56 bits per heavy atom. The zero-order chi connectivity index (χ0) is 13.4. The first kappa shape index (κ1) is 14.5. The normalized spacial score (nSPS) is 10.6. The Hall–Kier alpha value is -1.55. The van der Waals surface area contributed by atoms with Gasteiger partial charge in [0.25, 0.3) is 5.91 Å². The van der Waals surface area contributed by atoms with Crippen LogP contribution in [0.15, 0.2) is 23.3 Å². The number of carbonyl (C=O) groups excluding carboxylic acids is 1. The number of ether oxygens (including phenoxy) is 1. The van der Waals surface area contributed by atoms with Crippen molar-refractivity contribution < 1.29 is 9.53 Å². The summed E-state index contributed by atoms with van der Waals surface area (Å²) in [6.07, 6.45) is 3.52. The minimum Gasteiger partial charge on any atom is -0.483 e. The Morgan fingerprint density at radius 3 is 3.00 bits per heavy atom. The van der Waals surface area contributed by atoms with Crippen LogP contribution in [0.4, 0.5) is 0 Å². The summed E-state index contributed by atoms with van der Waals surface area (Å²) in [7, 11) is 0. The second-order valence-electron chi connectivity index (χ2n) is 3.83. The largest absolute Gasteiger partial charge is 0.483 e. The summed E-state index contributed by atoms with van der Waals surface area (Å²) in [6, 6.07) is 5.25. The van der Waals surface area contributed by atoms with E-state index >= 15 is 0 Å². The van der Waals surface area contributed by atoms with E-state index in [1.165, 1.54) is 0 Å².